The maximum absolute atomic E-state index is 13.3. The van der Waals surface area contributed by atoms with Gasteiger partial charge < -0.3 is 5.73 Å². The van der Waals surface area contributed by atoms with Gasteiger partial charge in [-0.1, -0.05) is 17.7 Å². The molecule has 108 valence electrons. The van der Waals surface area contributed by atoms with Gasteiger partial charge in [-0.25, -0.2) is 12.8 Å². The maximum Gasteiger partial charge on any atom is 0.264 e. The van der Waals surface area contributed by atoms with Crippen molar-refractivity contribution in [1.82, 2.24) is 0 Å². The van der Waals surface area contributed by atoms with Gasteiger partial charge in [0.2, 0.25) is 0 Å². The van der Waals surface area contributed by atoms with E-state index < -0.39 is 21.5 Å². The summed E-state index contributed by atoms with van der Waals surface area (Å²) in [5.74, 6) is -0.823. The van der Waals surface area contributed by atoms with Gasteiger partial charge in [0.25, 0.3) is 10.0 Å². The van der Waals surface area contributed by atoms with Crippen molar-refractivity contribution >= 4 is 33.0 Å². The fourth-order valence-corrected chi connectivity index (χ4v) is 3.05. The number of nitriles is 1. The first-order chi connectivity index (χ1) is 9.85. The summed E-state index contributed by atoms with van der Waals surface area (Å²) in [5, 5.41) is 8.86. The number of nitrogen functional groups attached to an aromatic ring is 1. The van der Waals surface area contributed by atoms with Crippen molar-refractivity contribution in [2.45, 2.75) is 4.90 Å². The highest BCUT2D eigenvalue weighted by atomic mass is 35.5. The fourth-order valence-electron chi connectivity index (χ4n) is 1.63. The number of rotatable bonds is 3. The molecule has 3 N–H and O–H groups in total. The van der Waals surface area contributed by atoms with Crippen LogP contribution in [-0.4, -0.2) is 8.42 Å². The number of nitrogens with one attached hydrogen (secondary N) is 1. The second-order valence-corrected chi connectivity index (χ2v) is 6.12. The van der Waals surface area contributed by atoms with Crippen molar-refractivity contribution in [3.05, 3.63) is 52.8 Å². The molecule has 0 fully saturated rings. The summed E-state index contributed by atoms with van der Waals surface area (Å²) < 4.78 is 39.9. The van der Waals surface area contributed by atoms with E-state index in [2.05, 4.69) is 4.72 Å². The topological polar surface area (TPSA) is 96.0 Å². The Hall–Kier alpha value is -2.30. The lowest BCUT2D eigenvalue weighted by Crippen LogP contribution is -2.15. The molecular weight excluding hydrogens is 317 g/mol. The molecule has 2 aromatic rings. The number of nitrogens with two attached hydrogens (primary N) is 1. The molecule has 0 heterocycles. The number of benzene rings is 2. The Morgan fingerprint density at radius 3 is 2.62 bits per heavy atom. The second kappa shape index (κ2) is 5.60. The number of para-hydroxylation sites is 1. The Morgan fingerprint density at radius 1 is 1.29 bits per heavy atom. The summed E-state index contributed by atoms with van der Waals surface area (Å²) in [6.07, 6.45) is 0. The van der Waals surface area contributed by atoms with Gasteiger partial charge in [0, 0.05) is 0 Å². The van der Waals surface area contributed by atoms with Gasteiger partial charge in [0.05, 0.1) is 22.0 Å². The van der Waals surface area contributed by atoms with Crippen molar-refractivity contribution in [3.63, 3.8) is 0 Å². The molecule has 2 aromatic carbocycles. The Bertz CT molecular complexity index is 847. The van der Waals surface area contributed by atoms with Crippen LogP contribution in [0.5, 0.6) is 0 Å². The SMILES string of the molecule is N#Cc1ccc(NS(=O)(=O)c2cccc(F)c2N)cc1Cl. The molecule has 0 aliphatic rings. The standard InChI is InChI=1S/C13H9ClFN3O2S/c14-10-6-9(5-4-8(10)7-16)18-21(19,20)12-3-1-2-11(15)13(12)17/h1-6,18H,17H2. The fraction of sp³-hybridized carbons (Fsp3) is 0. The van der Waals surface area contributed by atoms with Crippen LogP contribution in [0.3, 0.4) is 0 Å². The van der Waals surface area contributed by atoms with E-state index in [1.54, 1.807) is 0 Å². The van der Waals surface area contributed by atoms with E-state index in [-0.39, 0.29) is 21.2 Å². The van der Waals surface area contributed by atoms with Crippen molar-refractivity contribution < 1.29 is 12.8 Å². The van der Waals surface area contributed by atoms with Crippen LogP contribution in [0.4, 0.5) is 15.8 Å². The number of halogens is 2. The highest BCUT2D eigenvalue weighted by Gasteiger charge is 2.19. The molecule has 0 unspecified atom stereocenters. The van der Waals surface area contributed by atoms with Crippen molar-refractivity contribution in [2.24, 2.45) is 0 Å². The molecule has 0 aromatic heterocycles. The van der Waals surface area contributed by atoms with E-state index in [1.807, 2.05) is 6.07 Å². The molecule has 0 bridgehead atoms. The normalized spacial score (nSPS) is 10.9. The van der Waals surface area contributed by atoms with E-state index >= 15 is 0 Å². The number of anilines is 2. The number of nitrogens with zero attached hydrogens (tertiary/aromatic N) is 1. The second-order valence-electron chi connectivity index (χ2n) is 4.06. The van der Waals surface area contributed by atoms with Gasteiger partial charge in [-0.2, -0.15) is 5.26 Å². The summed E-state index contributed by atoms with van der Waals surface area (Å²) in [6, 6.07) is 9.37. The summed E-state index contributed by atoms with van der Waals surface area (Å²) in [4.78, 5) is -0.372. The third-order valence-electron chi connectivity index (χ3n) is 2.64. The molecule has 8 heteroatoms. The van der Waals surface area contributed by atoms with Gasteiger partial charge in [-0.15, -0.1) is 0 Å². The third kappa shape index (κ3) is 3.07. The molecule has 0 spiro atoms. The first-order valence-corrected chi connectivity index (χ1v) is 7.48. The number of hydrogen-bond acceptors (Lipinski definition) is 4. The zero-order chi connectivity index (χ0) is 15.6. The van der Waals surface area contributed by atoms with E-state index in [9.17, 15) is 12.8 Å². The molecule has 21 heavy (non-hydrogen) atoms. The van der Waals surface area contributed by atoms with Crippen LogP contribution in [0.2, 0.25) is 5.02 Å². The third-order valence-corrected chi connectivity index (χ3v) is 4.40. The Balaban J connectivity index is 2.40. The lowest BCUT2D eigenvalue weighted by molar-refractivity contribution is 0.597. The average Bonchev–Trinajstić information content (AvgIpc) is 2.41. The quantitative estimate of drug-likeness (QED) is 0.848. The van der Waals surface area contributed by atoms with Crippen LogP contribution in [0, 0.1) is 17.1 Å². The molecule has 2 rings (SSSR count). The van der Waals surface area contributed by atoms with E-state index in [1.165, 1.54) is 30.3 Å². The largest absolute Gasteiger partial charge is 0.395 e. The van der Waals surface area contributed by atoms with Crippen LogP contribution >= 0.6 is 11.6 Å². The lowest BCUT2D eigenvalue weighted by atomic mass is 10.2. The zero-order valence-electron chi connectivity index (χ0n) is 10.5. The first-order valence-electron chi connectivity index (χ1n) is 5.61. The molecule has 0 atom stereocenters. The summed E-state index contributed by atoms with van der Waals surface area (Å²) in [7, 11) is -4.06. The van der Waals surface area contributed by atoms with Gasteiger partial charge in [-0.05, 0) is 30.3 Å². The highest BCUT2D eigenvalue weighted by molar-refractivity contribution is 7.92. The molecule has 0 amide bonds. The smallest absolute Gasteiger partial charge is 0.264 e. The Kier molecular flexibility index (Phi) is 4.02. The lowest BCUT2D eigenvalue weighted by Gasteiger charge is -2.11. The minimum absolute atomic E-state index is 0.102. The minimum Gasteiger partial charge on any atom is -0.395 e. The molecule has 0 aliphatic heterocycles. The van der Waals surface area contributed by atoms with Gasteiger partial charge in [-0.3, -0.25) is 4.72 Å². The van der Waals surface area contributed by atoms with Crippen LogP contribution in [0.25, 0.3) is 0 Å². The van der Waals surface area contributed by atoms with Crippen LogP contribution < -0.4 is 10.5 Å². The van der Waals surface area contributed by atoms with Crippen molar-refractivity contribution in [3.8, 4) is 6.07 Å². The molecule has 0 saturated heterocycles. The molecule has 5 nitrogen and oxygen atoms in total. The van der Waals surface area contributed by atoms with Crippen molar-refractivity contribution in [2.75, 3.05) is 10.5 Å². The summed E-state index contributed by atoms with van der Waals surface area (Å²) >= 11 is 5.82. The summed E-state index contributed by atoms with van der Waals surface area (Å²) in [6.45, 7) is 0. The van der Waals surface area contributed by atoms with E-state index in [4.69, 9.17) is 22.6 Å². The average molecular weight is 326 g/mol. The molecule has 0 saturated carbocycles. The van der Waals surface area contributed by atoms with Gasteiger partial charge in [0.15, 0.2) is 0 Å². The van der Waals surface area contributed by atoms with Crippen LogP contribution in [0.15, 0.2) is 41.3 Å². The first kappa shape index (κ1) is 15.1. The van der Waals surface area contributed by atoms with Crippen molar-refractivity contribution in [1.29, 1.82) is 5.26 Å². The minimum atomic E-state index is -4.06. The Morgan fingerprint density at radius 2 is 2.00 bits per heavy atom. The summed E-state index contributed by atoms with van der Waals surface area (Å²) in [5.41, 5.74) is 5.32. The molecule has 0 aliphatic carbocycles. The molecule has 0 radical (unpaired) electrons. The highest BCUT2D eigenvalue weighted by Crippen LogP contribution is 2.26. The number of hydrogen-bond donors (Lipinski definition) is 2. The van der Waals surface area contributed by atoms with Crippen LogP contribution in [-0.2, 0) is 10.0 Å². The number of sulfonamides is 1. The van der Waals surface area contributed by atoms with E-state index in [0.717, 1.165) is 6.07 Å². The van der Waals surface area contributed by atoms with Gasteiger partial charge in [0.1, 0.15) is 16.8 Å². The zero-order valence-corrected chi connectivity index (χ0v) is 12.0. The Labute approximate surface area is 125 Å². The molecular formula is C13H9ClFN3O2S. The van der Waals surface area contributed by atoms with Crippen LogP contribution in [0.1, 0.15) is 5.56 Å². The monoisotopic (exact) mass is 325 g/mol. The van der Waals surface area contributed by atoms with E-state index in [0.29, 0.717) is 0 Å². The van der Waals surface area contributed by atoms with Gasteiger partial charge >= 0.3 is 0 Å². The predicted molar refractivity (Wildman–Crippen MR) is 77.8 cm³/mol. The maximum atomic E-state index is 13.3. The predicted octanol–water partition coefficient (Wildman–Crippen LogP) is 2.73.